The fraction of sp³-hybridized carbons (Fsp3) is 0. The quantitative estimate of drug-likeness (QED) is 0.530. The Hall–Kier alpha value is -0.771. The van der Waals surface area contributed by atoms with Crippen LogP contribution in [0.15, 0.2) is 24.3 Å². The molecule has 43 valence electrons. The molecule has 0 N–H and O–H groups in total. The van der Waals surface area contributed by atoms with Gasteiger partial charge in [0.2, 0.25) is 0 Å². The van der Waals surface area contributed by atoms with Crippen molar-refractivity contribution in [1.29, 1.82) is 5.26 Å². The number of nitrogens with zero attached hydrogens (tertiary/aromatic N) is 1. The first-order valence-electron chi connectivity index (χ1n) is 2.50. The molecule has 0 atom stereocenters. The van der Waals surface area contributed by atoms with Crippen molar-refractivity contribution in [2.45, 2.75) is 0 Å². The van der Waals surface area contributed by atoms with Gasteiger partial charge in [-0.3, -0.25) is 0 Å². The number of nitriles is 1. The molecular formula is C7H4NSe. The second-order valence-electron chi connectivity index (χ2n) is 1.64. The summed E-state index contributed by atoms with van der Waals surface area (Å²) in [4.78, 5) is 0. The van der Waals surface area contributed by atoms with Crippen LogP contribution in [0.3, 0.4) is 0 Å². The van der Waals surface area contributed by atoms with E-state index < -0.39 is 0 Å². The van der Waals surface area contributed by atoms with Gasteiger partial charge in [0.05, 0.1) is 0 Å². The molecule has 1 radical (unpaired) electrons. The molecule has 0 aromatic heterocycles. The van der Waals surface area contributed by atoms with Gasteiger partial charge < -0.3 is 0 Å². The number of rotatable bonds is 0. The molecule has 0 amide bonds. The molecule has 0 saturated heterocycles. The van der Waals surface area contributed by atoms with Crippen LogP contribution in [0.5, 0.6) is 0 Å². The summed E-state index contributed by atoms with van der Waals surface area (Å²) in [6, 6.07) is 9.35. The Morgan fingerprint density at radius 3 is 2.22 bits per heavy atom. The van der Waals surface area contributed by atoms with E-state index in [0.29, 0.717) is 5.56 Å². The van der Waals surface area contributed by atoms with E-state index in [1.54, 1.807) is 12.1 Å². The van der Waals surface area contributed by atoms with Gasteiger partial charge >= 0.3 is 61.6 Å². The van der Waals surface area contributed by atoms with E-state index in [1.165, 1.54) is 0 Å². The Morgan fingerprint density at radius 1 is 1.22 bits per heavy atom. The summed E-state index contributed by atoms with van der Waals surface area (Å²) in [7, 11) is 0. The number of hydrogen-bond acceptors (Lipinski definition) is 1. The van der Waals surface area contributed by atoms with Gasteiger partial charge in [-0.15, -0.1) is 0 Å². The maximum absolute atomic E-state index is 8.37. The van der Waals surface area contributed by atoms with Gasteiger partial charge in [-0.05, 0) is 0 Å². The van der Waals surface area contributed by atoms with Crippen molar-refractivity contribution in [3.8, 4) is 6.07 Å². The summed E-state index contributed by atoms with van der Waals surface area (Å²) >= 11 is 2.84. The average Bonchev–Trinajstić information content (AvgIpc) is 1.90. The molecule has 1 aromatic rings. The molecule has 1 aromatic carbocycles. The normalized spacial score (nSPS) is 8.33. The number of benzene rings is 1. The molecule has 0 spiro atoms. The SMILES string of the molecule is N#Cc1ccc([Se])cc1. The van der Waals surface area contributed by atoms with Crippen LogP contribution in [-0.4, -0.2) is 16.0 Å². The van der Waals surface area contributed by atoms with Crippen molar-refractivity contribution in [2.75, 3.05) is 0 Å². The van der Waals surface area contributed by atoms with E-state index in [0.717, 1.165) is 4.46 Å². The topological polar surface area (TPSA) is 23.8 Å². The van der Waals surface area contributed by atoms with Crippen molar-refractivity contribution in [3.63, 3.8) is 0 Å². The van der Waals surface area contributed by atoms with E-state index in [-0.39, 0.29) is 0 Å². The van der Waals surface area contributed by atoms with E-state index in [9.17, 15) is 0 Å². The third-order valence-electron chi connectivity index (χ3n) is 0.983. The second-order valence-corrected chi connectivity index (χ2v) is 2.63. The molecule has 0 bridgehead atoms. The van der Waals surface area contributed by atoms with Crippen LogP contribution in [-0.2, 0) is 0 Å². The molecule has 0 aliphatic carbocycles. The third-order valence-corrected chi connectivity index (χ3v) is 1.55. The summed E-state index contributed by atoms with van der Waals surface area (Å²) in [5.74, 6) is 0. The van der Waals surface area contributed by atoms with Gasteiger partial charge in [-0.2, -0.15) is 0 Å². The Balaban J connectivity index is 3.06. The zero-order chi connectivity index (χ0) is 6.69. The van der Waals surface area contributed by atoms with Crippen molar-refractivity contribution in [3.05, 3.63) is 29.8 Å². The molecule has 2 heteroatoms. The molecule has 0 heterocycles. The first kappa shape index (κ1) is 6.35. The van der Waals surface area contributed by atoms with Crippen LogP contribution in [0, 0.1) is 11.3 Å². The molecule has 1 nitrogen and oxygen atoms in total. The summed E-state index contributed by atoms with van der Waals surface area (Å²) in [5, 5.41) is 8.37. The molecule has 0 unspecified atom stereocenters. The van der Waals surface area contributed by atoms with Crippen LogP contribution in [0.2, 0.25) is 0 Å². The monoisotopic (exact) mass is 182 g/mol. The zero-order valence-electron chi connectivity index (χ0n) is 4.66. The Morgan fingerprint density at radius 2 is 1.78 bits per heavy atom. The van der Waals surface area contributed by atoms with Crippen molar-refractivity contribution >= 4 is 20.5 Å². The van der Waals surface area contributed by atoms with Gasteiger partial charge in [0.1, 0.15) is 0 Å². The molecule has 0 aliphatic heterocycles. The molecule has 0 fully saturated rings. The molecule has 1 rings (SSSR count). The van der Waals surface area contributed by atoms with Crippen molar-refractivity contribution in [2.24, 2.45) is 0 Å². The van der Waals surface area contributed by atoms with Gasteiger partial charge in [0.15, 0.2) is 0 Å². The zero-order valence-corrected chi connectivity index (χ0v) is 6.38. The molecular weight excluding hydrogens is 177 g/mol. The minimum atomic E-state index is 0.703. The van der Waals surface area contributed by atoms with E-state index in [4.69, 9.17) is 5.26 Å². The van der Waals surface area contributed by atoms with Gasteiger partial charge in [-0.1, -0.05) is 0 Å². The first-order valence-corrected chi connectivity index (χ1v) is 3.36. The summed E-state index contributed by atoms with van der Waals surface area (Å²) in [6.07, 6.45) is 0. The van der Waals surface area contributed by atoms with Crippen molar-refractivity contribution < 1.29 is 0 Å². The molecule has 0 aliphatic rings. The van der Waals surface area contributed by atoms with Crippen LogP contribution in [0.25, 0.3) is 0 Å². The Bertz CT molecular complexity index is 232. The fourth-order valence-electron chi connectivity index (χ4n) is 0.529. The van der Waals surface area contributed by atoms with Gasteiger partial charge in [0.25, 0.3) is 0 Å². The summed E-state index contributed by atoms with van der Waals surface area (Å²) < 4.78 is 1.06. The third kappa shape index (κ3) is 1.57. The summed E-state index contributed by atoms with van der Waals surface area (Å²) in [5.41, 5.74) is 0.703. The predicted molar refractivity (Wildman–Crippen MR) is 36.5 cm³/mol. The van der Waals surface area contributed by atoms with E-state index in [1.807, 2.05) is 18.2 Å². The minimum absolute atomic E-state index is 0.703. The maximum atomic E-state index is 8.37. The standard InChI is InChI=1S/C7H4NSe/c8-5-6-1-3-7(9)4-2-6/h1-4H. The summed E-state index contributed by atoms with van der Waals surface area (Å²) in [6.45, 7) is 0. The average molecular weight is 181 g/mol. The van der Waals surface area contributed by atoms with Gasteiger partial charge in [0, 0.05) is 0 Å². The molecule has 9 heavy (non-hydrogen) atoms. The van der Waals surface area contributed by atoms with E-state index in [2.05, 4.69) is 16.0 Å². The molecule has 0 saturated carbocycles. The second kappa shape index (κ2) is 2.68. The Labute approximate surface area is 62.1 Å². The van der Waals surface area contributed by atoms with Gasteiger partial charge in [-0.25, -0.2) is 0 Å². The fourth-order valence-corrected chi connectivity index (χ4v) is 0.815. The number of hydrogen-bond donors (Lipinski definition) is 0. The van der Waals surface area contributed by atoms with Crippen LogP contribution < -0.4 is 4.46 Å². The first-order chi connectivity index (χ1) is 4.33. The Kier molecular flexibility index (Phi) is 1.89. The van der Waals surface area contributed by atoms with Crippen LogP contribution >= 0.6 is 0 Å². The van der Waals surface area contributed by atoms with E-state index >= 15 is 0 Å². The van der Waals surface area contributed by atoms with Crippen molar-refractivity contribution in [1.82, 2.24) is 0 Å². The van der Waals surface area contributed by atoms with Crippen LogP contribution in [0.4, 0.5) is 0 Å². The predicted octanol–water partition coefficient (Wildman–Crippen LogP) is 0.352. The van der Waals surface area contributed by atoms with Crippen LogP contribution in [0.1, 0.15) is 5.56 Å².